The third-order valence-corrected chi connectivity index (χ3v) is 2.74. The number of methoxy groups -OCH3 is 1. The first-order valence-corrected chi connectivity index (χ1v) is 6.20. The molecule has 11 nitrogen and oxygen atoms in total. The molecule has 3 N–H and O–H groups in total. The number of nitrogens with zero attached hydrogens (tertiary/aromatic N) is 4. The Balaban J connectivity index is 2.25. The van der Waals surface area contributed by atoms with Crippen molar-refractivity contribution in [2.75, 3.05) is 12.5 Å². The lowest BCUT2D eigenvalue weighted by atomic mass is 10.2. The van der Waals surface area contributed by atoms with E-state index < -0.39 is 21.9 Å². The van der Waals surface area contributed by atoms with E-state index in [1.165, 1.54) is 26.3 Å². The number of ether oxygens (including phenoxy) is 1. The minimum atomic E-state index is -0.744. The molecule has 0 saturated heterocycles. The van der Waals surface area contributed by atoms with E-state index in [0.29, 0.717) is 5.56 Å². The van der Waals surface area contributed by atoms with Gasteiger partial charge in [0, 0.05) is 11.6 Å². The molecule has 0 aliphatic rings. The highest BCUT2D eigenvalue weighted by molar-refractivity contribution is 5.83. The van der Waals surface area contributed by atoms with Crippen molar-refractivity contribution in [1.29, 1.82) is 0 Å². The molecule has 1 heterocycles. The van der Waals surface area contributed by atoms with Gasteiger partial charge in [-0.3, -0.25) is 19.9 Å². The number of nitrogens with one attached hydrogen (secondary N) is 2. The molecule has 0 fully saturated rings. The minimum absolute atomic E-state index is 0.0112. The highest BCUT2D eigenvalue weighted by atomic mass is 16.6. The Morgan fingerprint density at radius 2 is 2.22 bits per heavy atom. The molecular formula is C12H12N6O5. The Morgan fingerprint density at radius 1 is 1.48 bits per heavy atom. The first-order chi connectivity index (χ1) is 10.9. The normalized spacial score (nSPS) is 10.7. The zero-order valence-corrected chi connectivity index (χ0v) is 12.1. The van der Waals surface area contributed by atoms with Crippen LogP contribution in [-0.4, -0.2) is 38.5 Å². The molecule has 2 rings (SSSR count). The Labute approximate surface area is 128 Å². The van der Waals surface area contributed by atoms with Gasteiger partial charge in [-0.1, -0.05) is 0 Å². The van der Waals surface area contributed by atoms with Crippen LogP contribution in [0.5, 0.6) is 11.5 Å². The number of aromatic amines is 1. The highest BCUT2D eigenvalue weighted by Crippen LogP contribution is 2.36. The van der Waals surface area contributed by atoms with Crippen LogP contribution in [0.1, 0.15) is 11.3 Å². The topological polar surface area (TPSA) is 156 Å². The summed E-state index contributed by atoms with van der Waals surface area (Å²) in [4.78, 5) is 23.9. The quantitative estimate of drug-likeness (QED) is 0.409. The number of hydrogen-bond donors (Lipinski definition) is 3. The van der Waals surface area contributed by atoms with Crippen LogP contribution < -0.4 is 15.7 Å². The summed E-state index contributed by atoms with van der Waals surface area (Å²) in [5.74, 6) is -0.627. The maximum atomic E-state index is 11.3. The van der Waals surface area contributed by atoms with E-state index in [1.807, 2.05) is 0 Å². The predicted molar refractivity (Wildman–Crippen MR) is 79.9 cm³/mol. The molecule has 11 heteroatoms. The average Bonchev–Trinajstić information content (AvgIpc) is 2.51. The van der Waals surface area contributed by atoms with E-state index in [2.05, 4.69) is 25.7 Å². The van der Waals surface area contributed by atoms with Gasteiger partial charge in [0.25, 0.3) is 5.56 Å². The highest BCUT2D eigenvalue weighted by Gasteiger charge is 2.19. The number of nitro groups is 1. The first kappa shape index (κ1) is 15.9. The molecule has 23 heavy (non-hydrogen) atoms. The molecule has 1 aromatic heterocycles. The molecular weight excluding hydrogens is 308 g/mol. The summed E-state index contributed by atoms with van der Waals surface area (Å²) in [5.41, 5.74) is 1.99. The van der Waals surface area contributed by atoms with Gasteiger partial charge in [-0.25, -0.2) is 5.43 Å². The fourth-order valence-electron chi connectivity index (χ4n) is 1.59. The molecule has 0 saturated carbocycles. The number of hydrazone groups is 1. The van der Waals surface area contributed by atoms with Crippen LogP contribution in [0.15, 0.2) is 22.0 Å². The lowest BCUT2D eigenvalue weighted by Crippen LogP contribution is -2.15. The van der Waals surface area contributed by atoms with Crippen molar-refractivity contribution in [3.63, 3.8) is 0 Å². The monoisotopic (exact) mass is 320 g/mol. The van der Waals surface area contributed by atoms with Crippen LogP contribution in [0.2, 0.25) is 0 Å². The molecule has 0 atom stereocenters. The summed E-state index contributed by atoms with van der Waals surface area (Å²) < 4.78 is 4.86. The summed E-state index contributed by atoms with van der Waals surface area (Å²) in [7, 11) is 1.27. The molecule has 120 valence electrons. The van der Waals surface area contributed by atoms with Gasteiger partial charge in [-0.05, 0) is 13.0 Å². The van der Waals surface area contributed by atoms with Crippen LogP contribution in [-0.2, 0) is 0 Å². The smallest absolute Gasteiger partial charge is 0.315 e. The standard InChI is InChI=1S/C12H12N6O5/c1-6-11(20)14-12(17-15-6)16-13-5-7-3-8(18(21)22)10(19)9(4-7)23-2/h3-5,19H,1-2H3,(H2,14,16,17,20). The fourth-order valence-corrected chi connectivity index (χ4v) is 1.59. The number of aryl methyl sites for hydroxylation is 1. The molecule has 0 unspecified atom stereocenters. The summed E-state index contributed by atoms with van der Waals surface area (Å²) in [5, 5.41) is 31.6. The third-order valence-electron chi connectivity index (χ3n) is 2.74. The number of rotatable bonds is 5. The van der Waals surface area contributed by atoms with Crippen molar-refractivity contribution < 1.29 is 14.8 Å². The van der Waals surface area contributed by atoms with Crippen LogP contribution in [0.4, 0.5) is 11.6 Å². The number of phenols is 1. The number of H-pyrrole nitrogens is 1. The number of hydrogen-bond acceptors (Lipinski definition) is 9. The number of benzene rings is 1. The summed E-state index contributed by atoms with van der Waals surface area (Å²) >= 11 is 0. The Kier molecular flexibility index (Phi) is 4.50. The lowest BCUT2D eigenvalue weighted by Gasteiger charge is -2.05. The van der Waals surface area contributed by atoms with Crippen LogP contribution in [0.25, 0.3) is 0 Å². The zero-order chi connectivity index (χ0) is 17.0. The largest absolute Gasteiger partial charge is 0.500 e. The Hall–Kier alpha value is -3.50. The maximum absolute atomic E-state index is 11.3. The second-order valence-corrected chi connectivity index (χ2v) is 4.31. The number of nitro benzene ring substituents is 1. The molecule has 1 aromatic carbocycles. The van der Waals surface area contributed by atoms with Gasteiger partial charge >= 0.3 is 5.69 Å². The number of aromatic hydroxyl groups is 1. The van der Waals surface area contributed by atoms with E-state index in [0.717, 1.165) is 6.07 Å². The van der Waals surface area contributed by atoms with E-state index in [4.69, 9.17) is 4.74 Å². The van der Waals surface area contributed by atoms with Gasteiger partial charge in [-0.2, -0.15) is 5.10 Å². The molecule has 0 bridgehead atoms. The van der Waals surface area contributed by atoms with Crippen molar-refractivity contribution >= 4 is 17.9 Å². The Morgan fingerprint density at radius 3 is 2.83 bits per heavy atom. The second kappa shape index (κ2) is 6.51. The molecule has 0 aliphatic heterocycles. The first-order valence-electron chi connectivity index (χ1n) is 6.20. The van der Waals surface area contributed by atoms with E-state index in [-0.39, 0.29) is 17.4 Å². The fraction of sp³-hybridized carbons (Fsp3) is 0.167. The Bertz CT molecular complexity index is 831. The number of aromatic nitrogens is 3. The van der Waals surface area contributed by atoms with Gasteiger partial charge in [0.05, 0.1) is 18.2 Å². The van der Waals surface area contributed by atoms with Crippen molar-refractivity contribution in [2.24, 2.45) is 5.10 Å². The van der Waals surface area contributed by atoms with Crippen LogP contribution in [0, 0.1) is 17.0 Å². The van der Waals surface area contributed by atoms with E-state index >= 15 is 0 Å². The van der Waals surface area contributed by atoms with Crippen molar-refractivity contribution in [3.05, 3.63) is 43.9 Å². The minimum Gasteiger partial charge on any atom is -0.500 e. The van der Waals surface area contributed by atoms with Gasteiger partial charge in [0.15, 0.2) is 5.75 Å². The third kappa shape index (κ3) is 3.58. The maximum Gasteiger partial charge on any atom is 0.315 e. The van der Waals surface area contributed by atoms with Gasteiger partial charge in [0.1, 0.15) is 5.69 Å². The average molecular weight is 320 g/mol. The van der Waals surface area contributed by atoms with E-state index in [1.54, 1.807) is 0 Å². The zero-order valence-electron chi connectivity index (χ0n) is 12.1. The predicted octanol–water partition coefficient (Wildman–Crippen LogP) is 0.542. The summed E-state index contributed by atoms with van der Waals surface area (Å²) in [6, 6.07) is 2.48. The van der Waals surface area contributed by atoms with Crippen LogP contribution >= 0.6 is 0 Å². The molecule has 0 amide bonds. The summed E-state index contributed by atoms with van der Waals surface area (Å²) in [6.45, 7) is 1.50. The van der Waals surface area contributed by atoms with Gasteiger partial charge in [0.2, 0.25) is 11.7 Å². The van der Waals surface area contributed by atoms with Crippen molar-refractivity contribution in [1.82, 2.24) is 15.2 Å². The lowest BCUT2D eigenvalue weighted by molar-refractivity contribution is -0.386. The van der Waals surface area contributed by atoms with Gasteiger partial charge in [-0.15, -0.1) is 10.2 Å². The molecule has 2 aromatic rings. The summed E-state index contributed by atoms with van der Waals surface area (Å²) in [6.07, 6.45) is 1.23. The molecule has 0 radical (unpaired) electrons. The van der Waals surface area contributed by atoms with Crippen molar-refractivity contribution in [2.45, 2.75) is 6.92 Å². The SMILES string of the molecule is COc1cc(C=NNc2nnc(C)c(=O)[nH]2)cc([N+](=O)[O-])c1O. The molecule has 0 aliphatic carbocycles. The van der Waals surface area contributed by atoms with Gasteiger partial charge < -0.3 is 9.84 Å². The number of anilines is 1. The van der Waals surface area contributed by atoms with Crippen molar-refractivity contribution in [3.8, 4) is 11.5 Å². The van der Waals surface area contributed by atoms with Crippen LogP contribution in [0.3, 0.4) is 0 Å². The molecule has 0 spiro atoms. The van der Waals surface area contributed by atoms with E-state index in [9.17, 15) is 20.0 Å². The number of phenolic OH excluding ortho intramolecular Hbond substituents is 1. The second-order valence-electron chi connectivity index (χ2n) is 4.31.